The fourth-order valence-electron chi connectivity index (χ4n) is 4.12. The molecule has 32 heavy (non-hydrogen) atoms. The molecule has 2 aromatic carbocycles. The number of amides is 1. The molecular formula is C26H26N2O4. The van der Waals surface area contributed by atoms with Crippen molar-refractivity contribution >= 4 is 5.91 Å². The lowest BCUT2D eigenvalue weighted by molar-refractivity contribution is 0.0596. The molecule has 0 atom stereocenters. The normalized spacial score (nSPS) is 15.8. The van der Waals surface area contributed by atoms with Gasteiger partial charge in [0.15, 0.2) is 16.9 Å². The minimum Gasteiger partial charge on any atom is -0.493 e. The van der Waals surface area contributed by atoms with E-state index in [1.54, 1.807) is 12.0 Å². The molecule has 1 saturated heterocycles. The molecule has 2 fully saturated rings. The number of rotatable bonds is 7. The van der Waals surface area contributed by atoms with E-state index in [9.17, 15) is 9.59 Å². The number of H-pyrrole nitrogens is 1. The number of nitrogens with one attached hydrogen (secondary N) is 1. The summed E-state index contributed by atoms with van der Waals surface area (Å²) in [6, 6.07) is 17.4. The van der Waals surface area contributed by atoms with Gasteiger partial charge in [0, 0.05) is 37.3 Å². The van der Waals surface area contributed by atoms with Gasteiger partial charge in [0.25, 0.3) is 5.91 Å². The SMILES string of the molecule is COc1cc(C2CN(C(=O)c3cc(=O)cc[nH]3)C2)ccc1OCc1ccc(C2CC2)cc1. The number of benzene rings is 2. The monoisotopic (exact) mass is 430 g/mol. The molecule has 2 heterocycles. The minimum absolute atomic E-state index is 0.154. The summed E-state index contributed by atoms with van der Waals surface area (Å²) in [7, 11) is 1.64. The lowest BCUT2D eigenvalue weighted by Crippen LogP contribution is -2.48. The highest BCUT2D eigenvalue weighted by Crippen LogP contribution is 2.40. The topological polar surface area (TPSA) is 71.6 Å². The molecule has 6 nitrogen and oxygen atoms in total. The Morgan fingerprint density at radius 2 is 1.72 bits per heavy atom. The number of hydrogen-bond acceptors (Lipinski definition) is 4. The smallest absolute Gasteiger partial charge is 0.270 e. The highest BCUT2D eigenvalue weighted by molar-refractivity contribution is 5.92. The maximum Gasteiger partial charge on any atom is 0.270 e. The Balaban J connectivity index is 1.20. The van der Waals surface area contributed by atoms with Gasteiger partial charge >= 0.3 is 0 Å². The van der Waals surface area contributed by atoms with Crippen LogP contribution >= 0.6 is 0 Å². The van der Waals surface area contributed by atoms with Gasteiger partial charge in [-0.1, -0.05) is 30.3 Å². The molecule has 6 heteroatoms. The Labute approximate surface area is 186 Å². The summed E-state index contributed by atoms with van der Waals surface area (Å²) in [5.74, 6) is 2.22. The molecule has 1 aliphatic heterocycles. The maximum absolute atomic E-state index is 12.5. The number of hydrogen-bond donors (Lipinski definition) is 1. The fourth-order valence-corrected chi connectivity index (χ4v) is 4.12. The van der Waals surface area contributed by atoms with E-state index in [1.165, 1.54) is 36.7 Å². The summed E-state index contributed by atoms with van der Waals surface area (Å²) in [5, 5.41) is 0. The Morgan fingerprint density at radius 3 is 2.41 bits per heavy atom. The largest absolute Gasteiger partial charge is 0.493 e. The molecule has 1 aromatic heterocycles. The van der Waals surface area contributed by atoms with E-state index in [0.29, 0.717) is 36.9 Å². The van der Waals surface area contributed by atoms with Crippen molar-refractivity contribution in [2.75, 3.05) is 20.2 Å². The van der Waals surface area contributed by atoms with Gasteiger partial charge in [0.05, 0.1) is 7.11 Å². The molecule has 164 valence electrons. The Bertz CT molecular complexity index is 1170. The highest BCUT2D eigenvalue weighted by Gasteiger charge is 2.33. The highest BCUT2D eigenvalue weighted by atomic mass is 16.5. The first-order valence-corrected chi connectivity index (χ1v) is 11.0. The van der Waals surface area contributed by atoms with Gasteiger partial charge in [-0.05, 0) is 47.6 Å². The second-order valence-electron chi connectivity index (χ2n) is 8.56. The molecule has 1 saturated carbocycles. The van der Waals surface area contributed by atoms with E-state index < -0.39 is 0 Å². The summed E-state index contributed by atoms with van der Waals surface area (Å²) >= 11 is 0. The van der Waals surface area contributed by atoms with Gasteiger partial charge < -0.3 is 19.4 Å². The van der Waals surface area contributed by atoms with E-state index in [0.717, 1.165) is 17.0 Å². The van der Waals surface area contributed by atoms with E-state index in [2.05, 4.69) is 29.2 Å². The third-order valence-corrected chi connectivity index (χ3v) is 6.25. The second kappa shape index (κ2) is 8.54. The van der Waals surface area contributed by atoms with Crippen LogP contribution in [-0.4, -0.2) is 36.0 Å². The average molecular weight is 431 g/mol. The number of likely N-dealkylation sites (tertiary alicyclic amines) is 1. The molecule has 0 bridgehead atoms. The van der Waals surface area contributed by atoms with Crippen molar-refractivity contribution in [2.45, 2.75) is 31.3 Å². The van der Waals surface area contributed by atoms with Crippen LogP contribution < -0.4 is 14.9 Å². The molecule has 3 aromatic rings. The molecule has 5 rings (SSSR count). The van der Waals surface area contributed by atoms with Crippen LogP contribution in [0.1, 0.15) is 51.9 Å². The number of methoxy groups -OCH3 is 1. The molecule has 2 aliphatic rings. The van der Waals surface area contributed by atoms with Crippen LogP contribution in [0.2, 0.25) is 0 Å². The van der Waals surface area contributed by atoms with Gasteiger partial charge in [-0.25, -0.2) is 0 Å². The van der Waals surface area contributed by atoms with Crippen molar-refractivity contribution in [2.24, 2.45) is 0 Å². The molecule has 1 amide bonds. The van der Waals surface area contributed by atoms with Gasteiger partial charge in [-0.15, -0.1) is 0 Å². The number of carbonyl (C=O) groups excluding carboxylic acids is 1. The minimum atomic E-state index is -0.177. The van der Waals surface area contributed by atoms with Crippen LogP contribution in [0.25, 0.3) is 0 Å². The zero-order valence-corrected chi connectivity index (χ0v) is 18.0. The van der Waals surface area contributed by atoms with Crippen molar-refractivity contribution in [3.05, 3.63) is 93.4 Å². The first-order chi connectivity index (χ1) is 15.6. The molecule has 1 N–H and O–H groups in total. The molecule has 0 spiro atoms. The van der Waals surface area contributed by atoms with Gasteiger partial charge in [0.2, 0.25) is 0 Å². The van der Waals surface area contributed by atoms with E-state index in [-0.39, 0.29) is 17.3 Å². The van der Waals surface area contributed by atoms with Crippen LogP contribution in [0.5, 0.6) is 11.5 Å². The first-order valence-electron chi connectivity index (χ1n) is 11.0. The Morgan fingerprint density at radius 1 is 0.969 bits per heavy atom. The Hall–Kier alpha value is -3.54. The second-order valence-corrected chi connectivity index (χ2v) is 8.56. The van der Waals surface area contributed by atoms with Crippen molar-refractivity contribution in [3.8, 4) is 11.5 Å². The summed E-state index contributed by atoms with van der Waals surface area (Å²) < 4.78 is 11.6. The van der Waals surface area contributed by atoms with E-state index in [4.69, 9.17) is 9.47 Å². The molecule has 0 radical (unpaired) electrons. The number of carbonyl (C=O) groups is 1. The van der Waals surface area contributed by atoms with Gasteiger partial charge in [-0.2, -0.15) is 0 Å². The summed E-state index contributed by atoms with van der Waals surface area (Å²) in [6.07, 6.45) is 4.11. The third-order valence-electron chi connectivity index (χ3n) is 6.25. The zero-order chi connectivity index (χ0) is 22.1. The number of aromatic nitrogens is 1. The zero-order valence-electron chi connectivity index (χ0n) is 18.0. The lowest BCUT2D eigenvalue weighted by Gasteiger charge is -2.39. The molecule has 1 aliphatic carbocycles. The van der Waals surface area contributed by atoms with E-state index >= 15 is 0 Å². The maximum atomic E-state index is 12.5. The van der Waals surface area contributed by atoms with Gasteiger partial charge in [-0.3, -0.25) is 9.59 Å². The lowest BCUT2D eigenvalue weighted by atomic mass is 9.91. The van der Waals surface area contributed by atoms with Crippen molar-refractivity contribution < 1.29 is 14.3 Å². The molecule has 0 unspecified atom stereocenters. The van der Waals surface area contributed by atoms with Crippen LogP contribution in [0.4, 0.5) is 0 Å². The van der Waals surface area contributed by atoms with Crippen molar-refractivity contribution in [3.63, 3.8) is 0 Å². The summed E-state index contributed by atoms with van der Waals surface area (Å²) in [4.78, 5) is 28.6. The number of aromatic amines is 1. The summed E-state index contributed by atoms with van der Waals surface area (Å²) in [6.45, 7) is 1.69. The van der Waals surface area contributed by atoms with Crippen molar-refractivity contribution in [1.29, 1.82) is 0 Å². The van der Waals surface area contributed by atoms with Crippen LogP contribution in [0.15, 0.2) is 65.6 Å². The Kier molecular flexibility index (Phi) is 5.43. The predicted octanol–water partition coefficient (Wildman–Crippen LogP) is 4.08. The quantitative estimate of drug-likeness (QED) is 0.613. The number of nitrogens with zero attached hydrogens (tertiary/aromatic N) is 1. The standard InChI is InChI=1S/C26H26N2O4/c1-31-25-12-20(21-14-28(15-21)26(30)23-13-22(29)10-11-27-23)8-9-24(25)32-16-17-2-4-18(5-3-17)19-6-7-19/h2-5,8-13,19,21H,6-7,14-16H2,1H3,(H,27,29). The third kappa shape index (κ3) is 4.26. The first kappa shape index (κ1) is 20.4. The van der Waals surface area contributed by atoms with Crippen LogP contribution in [-0.2, 0) is 6.61 Å². The molecular weight excluding hydrogens is 404 g/mol. The number of pyridine rings is 1. The fraction of sp³-hybridized carbons (Fsp3) is 0.308. The van der Waals surface area contributed by atoms with Gasteiger partial charge in [0.1, 0.15) is 12.3 Å². The van der Waals surface area contributed by atoms with Crippen LogP contribution in [0, 0.1) is 0 Å². The van der Waals surface area contributed by atoms with E-state index in [1.807, 2.05) is 18.2 Å². The average Bonchev–Trinajstić information content (AvgIpc) is 3.63. The summed E-state index contributed by atoms with van der Waals surface area (Å²) in [5.41, 5.74) is 3.80. The number of ether oxygens (including phenoxy) is 2. The van der Waals surface area contributed by atoms with Crippen molar-refractivity contribution in [1.82, 2.24) is 9.88 Å². The van der Waals surface area contributed by atoms with Crippen LogP contribution in [0.3, 0.4) is 0 Å². The predicted molar refractivity (Wildman–Crippen MR) is 121 cm³/mol.